The summed E-state index contributed by atoms with van der Waals surface area (Å²) in [6, 6.07) is 21.1. The van der Waals surface area contributed by atoms with E-state index >= 15 is 0 Å². The van der Waals surface area contributed by atoms with Crippen molar-refractivity contribution in [1.82, 2.24) is 4.90 Å². The van der Waals surface area contributed by atoms with Crippen LogP contribution in [0.3, 0.4) is 0 Å². The molecule has 0 heterocycles. The molecule has 158 valence electrons. The summed E-state index contributed by atoms with van der Waals surface area (Å²) in [6.45, 7) is 8.10. The van der Waals surface area contributed by atoms with Gasteiger partial charge in [0.15, 0.2) is 0 Å². The van der Waals surface area contributed by atoms with E-state index in [1.54, 1.807) is 0 Å². The average molecular weight is 432 g/mol. The molecule has 0 N–H and O–H groups in total. The van der Waals surface area contributed by atoms with Gasteiger partial charge in [0.2, 0.25) is 0 Å². The summed E-state index contributed by atoms with van der Waals surface area (Å²) in [5.41, 5.74) is 4.19. The molecule has 0 aromatic heterocycles. The number of hydrogen-bond donors (Lipinski definition) is 0. The first kappa shape index (κ1) is 22.7. The van der Waals surface area contributed by atoms with Crippen LogP contribution in [0.25, 0.3) is 0 Å². The predicted octanol–water partition coefficient (Wildman–Crippen LogP) is 7.05. The Kier molecular flexibility index (Phi) is 8.47. The van der Waals surface area contributed by atoms with Crippen LogP contribution in [0.5, 0.6) is 0 Å². The van der Waals surface area contributed by atoms with Crippen molar-refractivity contribution in [2.24, 2.45) is 0 Å². The Morgan fingerprint density at radius 2 is 1.59 bits per heavy atom. The number of halogens is 2. The molecule has 4 unspecified atom stereocenters. The Morgan fingerprint density at radius 1 is 0.931 bits per heavy atom. The third-order valence-electron chi connectivity index (χ3n) is 6.49. The topological polar surface area (TPSA) is 3.24 Å². The Labute approximate surface area is 187 Å². The SMILES string of the molecule is CCC(CCc1ccc(C2CC(Cl)C2Cl)cc1)N(CCc1ccccc1)C(C)C. The second-order valence-corrected chi connectivity index (χ2v) is 9.78. The standard InChI is InChI=1S/C26H35Cl2N/c1-4-23(29(19(2)3)17-16-20-8-6-5-7-9-20)15-12-21-10-13-22(14-11-21)24-18-25(27)26(24)28/h5-11,13-14,19,23-26H,4,12,15-18H2,1-3H3. The molecular weight excluding hydrogens is 397 g/mol. The number of alkyl halides is 2. The van der Waals surface area contributed by atoms with Gasteiger partial charge >= 0.3 is 0 Å². The highest BCUT2D eigenvalue weighted by molar-refractivity contribution is 6.31. The van der Waals surface area contributed by atoms with Gasteiger partial charge in [0.05, 0.1) is 10.8 Å². The minimum atomic E-state index is 0.0798. The molecule has 0 bridgehead atoms. The molecule has 3 rings (SSSR count). The van der Waals surface area contributed by atoms with Gasteiger partial charge in [-0.2, -0.15) is 0 Å². The van der Waals surface area contributed by atoms with Crippen LogP contribution < -0.4 is 0 Å². The smallest absolute Gasteiger partial charge is 0.0568 e. The quantitative estimate of drug-likeness (QED) is 0.364. The van der Waals surface area contributed by atoms with Gasteiger partial charge < -0.3 is 0 Å². The molecule has 1 saturated carbocycles. The van der Waals surface area contributed by atoms with Crippen LogP contribution in [0, 0.1) is 0 Å². The number of rotatable bonds is 10. The fourth-order valence-electron chi connectivity index (χ4n) is 4.51. The van der Waals surface area contributed by atoms with Crippen LogP contribution >= 0.6 is 23.2 Å². The maximum Gasteiger partial charge on any atom is 0.0568 e. The van der Waals surface area contributed by atoms with Crippen LogP contribution in [0.4, 0.5) is 0 Å². The van der Waals surface area contributed by atoms with E-state index in [1.165, 1.54) is 29.5 Å². The van der Waals surface area contributed by atoms with E-state index < -0.39 is 0 Å². The molecule has 3 heteroatoms. The molecule has 1 nitrogen and oxygen atoms in total. The monoisotopic (exact) mass is 431 g/mol. The predicted molar refractivity (Wildman–Crippen MR) is 127 cm³/mol. The van der Waals surface area contributed by atoms with Crippen molar-refractivity contribution in [2.45, 2.75) is 81.6 Å². The van der Waals surface area contributed by atoms with Gasteiger partial charge in [-0.1, -0.05) is 61.5 Å². The fourth-order valence-corrected chi connectivity index (χ4v) is 5.23. The van der Waals surface area contributed by atoms with Gasteiger partial charge in [-0.3, -0.25) is 4.90 Å². The van der Waals surface area contributed by atoms with Crippen molar-refractivity contribution >= 4 is 23.2 Å². The highest BCUT2D eigenvalue weighted by atomic mass is 35.5. The second-order valence-electron chi connectivity index (χ2n) is 8.71. The summed E-state index contributed by atoms with van der Waals surface area (Å²) in [5, 5.41) is 0.209. The normalized spacial score (nSPS) is 22.7. The lowest BCUT2D eigenvalue weighted by atomic mass is 9.78. The van der Waals surface area contributed by atoms with Crippen molar-refractivity contribution in [3.05, 3.63) is 71.3 Å². The van der Waals surface area contributed by atoms with E-state index in [4.69, 9.17) is 23.2 Å². The van der Waals surface area contributed by atoms with Crippen LogP contribution in [-0.4, -0.2) is 34.3 Å². The number of aryl methyl sites for hydroxylation is 1. The van der Waals surface area contributed by atoms with Gasteiger partial charge in [-0.05, 0) is 62.6 Å². The van der Waals surface area contributed by atoms with Gasteiger partial charge in [-0.25, -0.2) is 0 Å². The van der Waals surface area contributed by atoms with Crippen molar-refractivity contribution < 1.29 is 0 Å². The summed E-state index contributed by atoms with van der Waals surface area (Å²) in [6.07, 6.45) is 5.64. The molecule has 29 heavy (non-hydrogen) atoms. The molecule has 0 radical (unpaired) electrons. The molecule has 1 fully saturated rings. The first-order chi connectivity index (χ1) is 14.0. The van der Waals surface area contributed by atoms with E-state index in [9.17, 15) is 0 Å². The molecule has 0 aliphatic heterocycles. The molecule has 4 atom stereocenters. The van der Waals surface area contributed by atoms with Crippen LogP contribution in [0.15, 0.2) is 54.6 Å². The zero-order valence-corrected chi connectivity index (χ0v) is 19.5. The highest BCUT2D eigenvalue weighted by Crippen LogP contribution is 2.44. The first-order valence-corrected chi connectivity index (χ1v) is 12.0. The van der Waals surface area contributed by atoms with Gasteiger partial charge in [0.25, 0.3) is 0 Å². The first-order valence-electron chi connectivity index (χ1n) is 11.2. The van der Waals surface area contributed by atoms with Gasteiger partial charge in [0, 0.05) is 24.5 Å². The lowest BCUT2D eigenvalue weighted by Crippen LogP contribution is -2.41. The van der Waals surface area contributed by atoms with Crippen LogP contribution in [0.1, 0.15) is 62.6 Å². The second kappa shape index (κ2) is 10.8. The van der Waals surface area contributed by atoms with E-state index in [0.29, 0.717) is 18.0 Å². The molecule has 0 amide bonds. The van der Waals surface area contributed by atoms with Gasteiger partial charge in [-0.15, -0.1) is 23.2 Å². The molecule has 0 saturated heterocycles. The summed E-state index contributed by atoms with van der Waals surface area (Å²) >= 11 is 12.5. The molecule has 1 aliphatic rings. The Morgan fingerprint density at radius 3 is 2.14 bits per heavy atom. The van der Waals surface area contributed by atoms with Crippen LogP contribution in [0.2, 0.25) is 0 Å². The molecule has 0 spiro atoms. The number of hydrogen-bond acceptors (Lipinski definition) is 1. The Balaban J connectivity index is 1.54. The van der Waals surface area contributed by atoms with E-state index in [-0.39, 0.29) is 10.8 Å². The lowest BCUT2D eigenvalue weighted by Gasteiger charge is -2.37. The van der Waals surface area contributed by atoms with Crippen LogP contribution in [-0.2, 0) is 12.8 Å². The fraction of sp³-hybridized carbons (Fsp3) is 0.538. The largest absolute Gasteiger partial charge is 0.298 e. The summed E-state index contributed by atoms with van der Waals surface area (Å²) in [7, 11) is 0. The minimum absolute atomic E-state index is 0.0798. The molecule has 2 aromatic carbocycles. The number of benzene rings is 2. The lowest BCUT2D eigenvalue weighted by molar-refractivity contribution is 0.143. The summed E-state index contributed by atoms with van der Waals surface area (Å²) in [5.74, 6) is 0.422. The summed E-state index contributed by atoms with van der Waals surface area (Å²) in [4.78, 5) is 2.69. The van der Waals surface area contributed by atoms with E-state index in [2.05, 4.69) is 80.3 Å². The van der Waals surface area contributed by atoms with E-state index in [0.717, 1.165) is 25.8 Å². The maximum absolute atomic E-state index is 6.36. The number of nitrogens with zero attached hydrogens (tertiary/aromatic N) is 1. The van der Waals surface area contributed by atoms with E-state index in [1.807, 2.05) is 0 Å². The van der Waals surface area contributed by atoms with Crippen molar-refractivity contribution in [3.63, 3.8) is 0 Å². The minimum Gasteiger partial charge on any atom is -0.298 e. The zero-order valence-electron chi connectivity index (χ0n) is 18.0. The third-order valence-corrected chi connectivity index (χ3v) is 7.68. The van der Waals surface area contributed by atoms with Crippen molar-refractivity contribution in [1.29, 1.82) is 0 Å². The van der Waals surface area contributed by atoms with Crippen molar-refractivity contribution in [3.8, 4) is 0 Å². The summed E-state index contributed by atoms with van der Waals surface area (Å²) < 4.78 is 0. The Hall–Kier alpha value is -1.02. The molecule has 1 aliphatic carbocycles. The average Bonchev–Trinajstić information content (AvgIpc) is 2.75. The van der Waals surface area contributed by atoms with Crippen molar-refractivity contribution in [2.75, 3.05) is 6.54 Å². The van der Waals surface area contributed by atoms with Gasteiger partial charge in [0.1, 0.15) is 0 Å². The zero-order chi connectivity index (χ0) is 20.8. The highest BCUT2D eigenvalue weighted by Gasteiger charge is 2.39. The molecular formula is C26H35Cl2N. The third kappa shape index (κ3) is 6.00. The Bertz CT molecular complexity index is 728. The maximum atomic E-state index is 6.36. The molecule has 2 aromatic rings.